The summed E-state index contributed by atoms with van der Waals surface area (Å²) < 4.78 is 0. The summed E-state index contributed by atoms with van der Waals surface area (Å²) in [6.07, 6.45) is 2.75. The Balaban J connectivity index is 1.91. The van der Waals surface area contributed by atoms with Gasteiger partial charge in [0.1, 0.15) is 0 Å². The van der Waals surface area contributed by atoms with E-state index < -0.39 is 0 Å². The van der Waals surface area contributed by atoms with Gasteiger partial charge in [0.25, 0.3) is 5.91 Å². The van der Waals surface area contributed by atoms with Gasteiger partial charge in [0.2, 0.25) is 0 Å². The number of hydrogen-bond acceptors (Lipinski definition) is 3. The molecule has 1 aliphatic carbocycles. The molecule has 3 rings (SSSR count). The predicted octanol–water partition coefficient (Wildman–Crippen LogP) is 1.35. The highest BCUT2D eigenvalue weighted by atomic mass is 16.7. The molecule has 0 unspecified atom stereocenters. The lowest BCUT2D eigenvalue weighted by Crippen LogP contribution is -2.24. The first-order valence-corrected chi connectivity index (χ1v) is 6.02. The van der Waals surface area contributed by atoms with E-state index in [4.69, 9.17) is 10.6 Å². The quantitative estimate of drug-likeness (QED) is 0.855. The van der Waals surface area contributed by atoms with Gasteiger partial charge >= 0.3 is 0 Å². The van der Waals surface area contributed by atoms with E-state index in [0.29, 0.717) is 19.6 Å². The van der Waals surface area contributed by atoms with Crippen LogP contribution in [0, 0.1) is 0 Å². The summed E-state index contributed by atoms with van der Waals surface area (Å²) in [4.78, 5) is 16.9. The van der Waals surface area contributed by atoms with Crippen molar-refractivity contribution in [3.05, 3.63) is 29.8 Å². The van der Waals surface area contributed by atoms with E-state index in [9.17, 15) is 4.79 Å². The molecule has 0 spiro atoms. The first-order valence-electron chi connectivity index (χ1n) is 6.02. The van der Waals surface area contributed by atoms with Crippen LogP contribution in [0.3, 0.4) is 0 Å². The number of amides is 1. The number of carbonyl (C=O) groups excluding carboxylic acids is 1. The lowest BCUT2D eigenvalue weighted by Gasteiger charge is -2.18. The van der Waals surface area contributed by atoms with Gasteiger partial charge in [-0.2, -0.15) is 5.06 Å². The van der Waals surface area contributed by atoms with E-state index in [-0.39, 0.29) is 11.3 Å². The fraction of sp³-hybridized carbons (Fsp3) is 0.462. The Morgan fingerprint density at radius 2 is 2.24 bits per heavy atom. The van der Waals surface area contributed by atoms with Gasteiger partial charge in [-0.05, 0) is 30.5 Å². The lowest BCUT2D eigenvalue weighted by molar-refractivity contribution is -0.119. The predicted molar refractivity (Wildman–Crippen MR) is 64.5 cm³/mol. The molecule has 1 amide bonds. The van der Waals surface area contributed by atoms with Crippen molar-refractivity contribution in [2.75, 3.05) is 18.2 Å². The van der Waals surface area contributed by atoms with Crippen LogP contribution in [0.15, 0.2) is 24.3 Å². The molecule has 17 heavy (non-hydrogen) atoms. The number of benzene rings is 1. The number of rotatable bonds is 3. The maximum atomic E-state index is 11.6. The molecule has 1 heterocycles. The van der Waals surface area contributed by atoms with E-state index in [1.54, 1.807) is 0 Å². The molecule has 0 atom stereocenters. The monoisotopic (exact) mass is 232 g/mol. The molecule has 1 saturated carbocycles. The normalized spacial score (nSPS) is 21.9. The van der Waals surface area contributed by atoms with Crippen LogP contribution in [0.5, 0.6) is 0 Å². The highest BCUT2D eigenvalue weighted by Gasteiger charge is 2.43. The summed E-state index contributed by atoms with van der Waals surface area (Å²) in [5.41, 5.74) is 8.02. The molecule has 0 aromatic heterocycles. The smallest absolute Gasteiger partial charge is 0.253 e. The summed E-state index contributed by atoms with van der Waals surface area (Å²) in [5, 5.41) is 1.40. The molecule has 1 saturated heterocycles. The van der Waals surface area contributed by atoms with Crippen LogP contribution < -0.4 is 10.8 Å². The third kappa shape index (κ3) is 1.73. The first-order chi connectivity index (χ1) is 8.25. The van der Waals surface area contributed by atoms with E-state index in [0.717, 1.165) is 18.5 Å². The molecule has 1 aromatic rings. The number of carbonyl (C=O) groups is 1. The van der Waals surface area contributed by atoms with Gasteiger partial charge in [0, 0.05) is 12.0 Å². The Morgan fingerprint density at radius 1 is 1.41 bits per heavy atom. The van der Waals surface area contributed by atoms with Crippen LogP contribution in [-0.2, 0) is 15.0 Å². The van der Waals surface area contributed by atoms with E-state index in [1.165, 1.54) is 10.6 Å². The molecule has 90 valence electrons. The Morgan fingerprint density at radius 3 is 2.82 bits per heavy atom. The highest BCUT2D eigenvalue weighted by Crippen LogP contribution is 2.47. The zero-order valence-corrected chi connectivity index (χ0v) is 9.69. The Kier molecular flexibility index (Phi) is 2.42. The summed E-state index contributed by atoms with van der Waals surface area (Å²) in [5.74, 6) is 0.0275. The molecular weight excluding hydrogens is 216 g/mol. The zero-order valence-electron chi connectivity index (χ0n) is 9.69. The summed E-state index contributed by atoms with van der Waals surface area (Å²) >= 11 is 0. The Bertz CT molecular complexity index is 454. The number of nitrogens with two attached hydrogens (primary N) is 1. The number of anilines is 1. The van der Waals surface area contributed by atoms with Crippen molar-refractivity contribution >= 4 is 11.6 Å². The standard InChI is InChI=1S/C13H16N2O2/c14-9-13(5-6-13)10-2-1-3-11(8-10)15-12(16)4-7-17-15/h1-3,8H,4-7,9,14H2. The van der Waals surface area contributed by atoms with Gasteiger partial charge in [0.15, 0.2) is 0 Å². The molecule has 0 radical (unpaired) electrons. The van der Waals surface area contributed by atoms with Crippen molar-refractivity contribution in [2.45, 2.75) is 24.7 Å². The Hall–Kier alpha value is -1.39. The number of nitrogens with zero attached hydrogens (tertiary/aromatic N) is 1. The molecule has 2 fully saturated rings. The zero-order chi connectivity index (χ0) is 11.9. The van der Waals surface area contributed by atoms with Gasteiger partial charge in [-0.25, -0.2) is 0 Å². The molecule has 4 nitrogen and oxygen atoms in total. The molecule has 0 bridgehead atoms. The second kappa shape index (κ2) is 3.82. The average Bonchev–Trinajstić information content (AvgIpc) is 3.06. The van der Waals surface area contributed by atoms with E-state index in [1.807, 2.05) is 18.2 Å². The third-order valence-corrected chi connectivity index (χ3v) is 3.70. The van der Waals surface area contributed by atoms with Crippen molar-refractivity contribution in [3.63, 3.8) is 0 Å². The molecule has 2 aliphatic rings. The average molecular weight is 232 g/mol. The van der Waals surface area contributed by atoms with Crippen molar-refractivity contribution in [1.82, 2.24) is 0 Å². The molecule has 2 N–H and O–H groups in total. The maximum Gasteiger partial charge on any atom is 0.253 e. The third-order valence-electron chi connectivity index (χ3n) is 3.70. The van der Waals surface area contributed by atoms with Gasteiger partial charge in [-0.3, -0.25) is 9.63 Å². The fourth-order valence-corrected chi connectivity index (χ4v) is 2.34. The second-order valence-electron chi connectivity index (χ2n) is 4.81. The maximum absolute atomic E-state index is 11.6. The van der Waals surface area contributed by atoms with Gasteiger partial charge in [-0.15, -0.1) is 0 Å². The van der Waals surface area contributed by atoms with Crippen LogP contribution in [0.2, 0.25) is 0 Å². The van der Waals surface area contributed by atoms with Crippen molar-refractivity contribution in [3.8, 4) is 0 Å². The topological polar surface area (TPSA) is 55.6 Å². The molecular formula is C13H16N2O2. The van der Waals surface area contributed by atoms with E-state index in [2.05, 4.69) is 6.07 Å². The minimum Gasteiger partial charge on any atom is -0.330 e. The summed E-state index contributed by atoms with van der Waals surface area (Å²) in [7, 11) is 0. The van der Waals surface area contributed by atoms with Crippen molar-refractivity contribution in [1.29, 1.82) is 0 Å². The van der Waals surface area contributed by atoms with Crippen molar-refractivity contribution in [2.24, 2.45) is 5.73 Å². The SMILES string of the molecule is NCC1(c2cccc(N3OCCC3=O)c2)CC1. The number of hydroxylamine groups is 1. The fourth-order valence-electron chi connectivity index (χ4n) is 2.34. The number of hydrogen-bond donors (Lipinski definition) is 1. The minimum absolute atomic E-state index is 0.0275. The summed E-state index contributed by atoms with van der Waals surface area (Å²) in [6.45, 7) is 1.15. The molecule has 1 aromatic carbocycles. The highest BCUT2D eigenvalue weighted by molar-refractivity contribution is 5.92. The van der Waals surface area contributed by atoms with Gasteiger partial charge in [0.05, 0.1) is 18.7 Å². The first kappa shape index (κ1) is 10.7. The van der Waals surface area contributed by atoms with E-state index >= 15 is 0 Å². The minimum atomic E-state index is 0.0275. The van der Waals surface area contributed by atoms with Crippen molar-refractivity contribution < 1.29 is 9.63 Å². The van der Waals surface area contributed by atoms with Gasteiger partial charge in [-0.1, -0.05) is 12.1 Å². The van der Waals surface area contributed by atoms with Gasteiger partial charge < -0.3 is 5.73 Å². The van der Waals surface area contributed by atoms with Crippen LogP contribution >= 0.6 is 0 Å². The van der Waals surface area contributed by atoms with Crippen LogP contribution in [0.25, 0.3) is 0 Å². The van der Waals surface area contributed by atoms with Crippen LogP contribution in [0.4, 0.5) is 5.69 Å². The van der Waals surface area contributed by atoms with Crippen LogP contribution in [-0.4, -0.2) is 19.1 Å². The molecule has 4 heteroatoms. The Labute approximate surface area is 100 Å². The summed E-state index contributed by atoms with van der Waals surface area (Å²) in [6, 6.07) is 7.99. The lowest BCUT2D eigenvalue weighted by atomic mass is 9.96. The van der Waals surface area contributed by atoms with Crippen LogP contribution in [0.1, 0.15) is 24.8 Å². The molecule has 1 aliphatic heterocycles. The second-order valence-corrected chi connectivity index (χ2v) is 4.81. The largest absolute Gasteiger partial charge is 0.330 e.